The fourth-order valence-corrected chi connectivity index (χ4v) is 6.51. The number of ether oxygens (including phenoxy) is 3. The molecule has 0 radical (unpaired) electrons. The number of imidazole rings is 1. The minimum absolute atomic E-state index is 0.00927. The molecule has 3 aromatic heterocycles. The van der Waals surface area contributed by atoms with E-state index in [-0.39, 0.29) is 11.9 Å². The van der Waals surface area contributed by atoms with Crippen molar-refractivity contribution >= 4 is 51.7 Å². The van der Waals surface area contributed by atoms with Crippen molar-refractivity contribution in [1.29, 1.82) is 0 Å². The lowest BCUT2D eigenvalue weighted by atomic mass is 10.0. The molecule has 2 fully saturated rings. The van der Waals surface area contributed by atoms with Crippen molar-refractivity contribution in [2.45, 2.75) is 25.3 Å². The molecule has 4 aromatic rings. The van der Waals surface area contributed by atoms with Gasteiger partial charge in [-0.15, -0.1) is 0 Å². The lowest BCUT2D eigenvalue weighted by molar-refractivity contribution is -0.127. The van der Waals surface area contributed by atoms with Gasteiger partial charge in [-0.25, -0.2) is 9.97 Å². The zero-order valence-corrected chi connectivity index (χ0v) is 26.3. The third-order valence-electron chi connectivity index (χ3n) is 8.19. The van der Waals surface area contributed by atoms with E-state index in [0.29, 0.717) is 69.6 Å². The predicted molar refractivity (Wildman–Crippen MR) is 171 cm³/mol. The Labute approximate surface area is 265 Å². The van der Waals surface area contributed by atoms with Crippen LogP contribution in [0.4, 0.5) is 5.95 Å². The third kappa shape index (κ3) is 6.01. The Morgan fingerprint density at radius 3 is 2.52 bits per heavy atom. The van der Waals surface area contributed by atoms with Crippen molar-refractivity contribution in [1.82, 2.24) is 29.2 Å². The van der Waals surface area contributed by atoms with Crippen LogP contribution in [0.3, 0.4) is 0 Å². The van der Waals surface area contributed by atoms with Gasteiger partial charge in [0.2, 0.25) is 11.9 Å². The van der Waals surface area contributed by atoms with Gasteiger partial charge in [-0.1, -0.05) is 29.8 Å². The number of halogens is 2. The summed E-state index contributed by atoms with van der Waals surface area (Å²) in [5.74, 6) is 1.41. The molecule has 2 aliphatic heterocycles. The van der Waals surface area contributed by atoms with Gasteiger partial charge in [0, 0.05) is 67.8 Å². The molecule has 0 saturated carbocycles. The number of aromatic nitrogens is 4. The van der Waals surface area contributed by atoms with Gasteiger partial charge in [0.25, 0.3) is 0 Å². The number of carbonyl (C=O) groups excluding carboxylic acids is 1. The predicted octanol–water partition coefficient (Wildman–Crippen LogP) is 4.73. The average Bonchev–Trinajstić information content (AvgIpc) is 3.72. The first-order valence-electron chi connectivity index (χ1n) is 14.7. The molecule has 11 nitrogen and oxygen atoms in total. The van der Waals surface area contributed by atoms with Crippen LogP contribution in [0.2, 0.25) is 10.0 Å². The summed E-state index contributed by atoms with van der Waals surface area (Å²) >= 11 is 13.7. The van der Waals surface area contributed by atoms with E-state index in [1.807, 2.05) is 21.6 Å². The van der Waals surface area contributed by atoms with Gasteiger partial charge in [0.15, 0.2) is 5.65 Å². The van der Waals surface area contributed by atoms with E-state index in [1.165, 1.54) is 6.08 Å². The molecule has 2 aliphatic rings. The normalized spacial score (nSPS) is 17.4. The number of pyridine rings is 1. The lowest BCUT2D eigenvalue weighted by Gasteiger charge is -2.34. The smallest absolute Gasteiger partial charge is 0.246 e. The monoisotopic (exact) mass is 639 g/mol. The zero-order valence-electron chi connectivity index (χ0n) is 24.8. The fraction of sp³-hybridized carbons (Fsp3) is 0.419. The maximum absolute atomic E-state index is 11.9. The summed E-state index contributed by atoms with van der Waals surface area (Å²) in [4.78, 5) is 30.7. The van der Waals surface area contributed by atoms with Crippen molar-refractivity contribution in [3.8, 4) is 22.6 Å². The van der Waals surface area contributed by atoms with E-state index in [2.05, 4.69) is 21.8 Å². The van der Waals surface area contributed by atoms with Gasteiger partial charge in [-0.05, 0) is 37.9 Å². The van der Waals surface area contributed by atoms with Crippen LogP contribution in [0.25, 0.3) is 27.8 Å². The SMILES string of the molecule is C=CC(=O)N1CCN(CCCc2cn3c(n2)c(-c2c(Cl)c(OC)cc(OC)c2Cl)cc2cnc(NC4CCOC4)nc23)CC1. The van der Waals surface area contributed by atoms with E-state index >= 15 is 0 Å². The standard InChI is InChI=1S/C31H35Cl2N7O4/c1-4-25(41)39-11-9-38(10-12-39)8-5-6-20-17-40-29-19(16-34-31(37-29)36-21-7-13-44-18-21)14-22(30(40)35-20)26-27(32)23(42-2)15-24(43-3)28(26)33/h4,14-17,21H,1,5-13,18H2,2-3H3,(H,34,36,37). The van der Waals surface area contributed by atoms with E-state index in [1.54, 1.807) is 26.5 Å². The molecular weight excluding hydrogens is 605 g/mol. The molecule has 1 amide bonds. The summed E-state index contributed by atoms with van der Waals surface area (Å²) in [5, 5.41) is 4.91. The fourth-order valence-electron chi connectivity index (χ4n) is 5.81. The Hall–Kier alpha value is -3.64. The van der Waals surface area contributed by atoms with Gasteiger partial charge in [0.1, 0.15) is 17.1 Å². The highest BCUT2D eigenvalue weighted by atomic mass is 35.5. The molecule has 2 saturated heterocycles. The van der Waals surface area contributed by atoms with E-state index < -0.39 is 0 Å². The Balaban J connectivity index is 1.35. The molecule has 1 N–H and O–H groups in total. The minimum atomic E-state index is -0.00927. The molecule has 1 atom stereocenters. The van der Waals surface area contributed by atoms with Crippen LogP contribution in [-0.4, -0.2) is 101 Å². The molecule has 0 aliphatic carbocycles. The number of fused-ring (bicyclic) bond motifs is 3. The summed E-state index contributed by atoms with van der Waals surface area (Å²) in [5.41, 5.74) is 3.57. The first-order valence-corrected chi connectivity index (χ1v) is 15.4. The number of hydrogen-bond donors (Lipinski definition) is 1. The van der Waals surface area contributed by atoms with Crippen molar-refractivity contribution in [2.24, 2.45) is 0 Å². The zero-order chi connectivity index (χ0) is 30.8. The second-order valence-electron chi connectivity index (χ2n) is 10.9. The number of benzene rings is 1. The van der Waals surface area contributed by atoms with Gasteiger partial charge in [-0.2, -0.15) is 4.98 Å². The van der Waals surface area contributed by atoms with Crippen molar-refractivity contribution in [3.63, 3.8) is 0 Å². The van der Waals surface area contributed by atoms with Crippen LogP contribution in [0.15, 0.2) is 37.2 Å². The van der Waals surface area contributed by atoms with Gasteiger partial charge in [-0.3, -0.25) is 14.1 Å². The number of aryl methyl sites for hydroxylation is 1. The molecule has 232 valence electrons. The van der Waals surface area contributed by atoms with Crippen molar-refractivity contribution in [3.05, 3.63) is 52.9 Å². The first-order chi connectivity index (χ1) is 21.4. The maximum Gasteiger partial charge on any atom is 0.246 e. The highest BCUT2D eigenvalue weighted by Gasteiger charge is 2.24. The van der Waals surface area contributed by atoms with Gasteiger partial charge in [0.05, 0.1) is 42.6 Å². The van der Waals surface area contributed by atoms with E-state index in [0.717, 1.165) is 56.6 Å². The number of methoxy groups -OCH3 is 2. The van der Waals surface area contributed by atoms with Crippen LogP contribution < -0.4 is 14.8 Å². The largest absolute Gasteiger partial charge is 0.495 e. The molecule has 1 unspecified atom stereocenters. The topological polar surface area (TPSA) is 106 Å². The van der Waals surface area contributed by atoms with Crippen LogP contribution in [0, 0.1) is 0 Å². The Morgan fingerprint density at radius 1 is 1.11 bits per heavy atom. The number of anilines is 1. The third-order valence-corrected chi connectivity index (χ3v) is 8.94. The minimum Gasteiger partial charge on any atom is -0.495 e. The second-order valence-corrected chi connectivity index (χ2v) is 11.7. The van der Waals surface area contributed by atoms with Crippen LogP contribution >= 0.6 is 23.2 Å². The Kier molecular flexibility index (Phi) is 9.08. The van der Waals surface area contributed by atoms with Crippen LogP contribution in [0.1, 0.15) is 18.5 Å². The first kappa shape index (κ1) is 30.4. The van der Waals surface area contributed by atoms with Gasteiger partial charge < -0.3 is 24.4 Å². The molecule has 1 aromatic carbocycles. The molecule has 0 bridgehead atoms. The average molecular weight is 641 g/mol. The van der Waals surface area contributed by atoms with E-state index in [4.69, 9.17) is 47.4 Å². The Bertz CT molecular complexity index is 1670. The summed E-state index contributed by atoms with van der Waals surface area (Å²) < 4.78 is 18.6. The molecule has 0 spiro atoms. The lowest BCUT2D eigenvalue weighted by Crippen LogP contribution is -2.48. The van der Waals surface area contributed by atoms with Crippen LogP contribution in [-0.2, 0) is 16.0 Å². The van der Waals surface area contributed by atoms with Crippen LogP contribution in [0.5, 0.6) is 11.5 Å². The van der Waals surface area contributed by atoms with Crippen molar-refractivity contribution in [2.75, 3.05) is 65.5 Å². The van der Waals surface area contributed by atoms with Crippen molar-refractivity contribution < 1.29 is 19.0 Å². The molecule has 5 heterocycles. The second kappa shape index (κ2) is 13.2. The number of rotatable bonds is 10. The summed E-state index contributed by atoms with van der Waals surface area (Å²) in [6.07, 6.45) is 7.76. The number of carbonyl (C=O) groups is 1. The summed E-state index contributed by atoms with van der Waals surface area (Å²) in [6.45, 7) is 8.95. The summed E-state index contributed by atoms with van der Waals surface area (Å²) in [7, 11) is 3.10. The van der Waals surface area contributed by atoms with Gasteiger partial charge >= 0.3 is 0 Å². The maximum atomic E-state index is 11.9. The van der Waals surface area contributed by atoms with E-state index in [9.17, 15) is 4.79 Å². The summed E-state index contributed by atoms with van der Waals surface area (Å²) in [6, 6.07) is 3.80. The molecular formula is C31H35Cl2N7O4. The highest BCUT2D eigenvalue weighted by Crippen LogP contribution is 2.47. The number of nitrogens with zero attached hydrogens (tertiary/aromatic N) is 6. The highest BCUT2D eigenvalue weighted by molar-refractivity contribution is 6.41. The quantitative estimate of drug-likeness (QED) is 0.246. The Morgan fingerprint density at radius 2 is 1.86 bits per heavy atom. The molecule has 13 heteroatoms. The number of nitrogens with one attached hydrogen (secondary N) is 1. The number of hydrogen-bond acceptors (Lipinski definition) is 9. The molecule has 6 rings (SSSR count). The number of amides is 1. The molecule has 44 heavy (non-hydrogen) atoms. The number of piperazine rings is 1.